The molecule has 1 aliphatic rings. The van der Waals surface area contributed by atoms with Crippen LogP contribution in [0.3, 0.4) is 0 Å². The summed E-state index contributed by atoms with van der Waals surface area (Å²) < 4.78 is 25.7. The Labute approximate surface area is 229 Å². The lowest BCUT2D eigenvalue weighted by Gasteiger charge is -2.29. The Balaban J connectivity index is 1.67. The molecule has 1 fully saturated rings. The van der Waals surface area contributed by atoms with E-state index in [0.717, 1.165) is 4.90 Å². The van der Waals surface area contributed by atoms with Crippen molar-refractivity contribution in [2.45, 2.75) is 6.61 Å². The van der Waals surface area contributed by atoms with Crippen LogP contribution in [0.2, 0.25) is 10.0 Å². The third-order valence-corrected chi connectivity index (χ3v) is 6.85. The van der Waals surface area contributed by atoms with E-state index in [-0.39, 0.29) is 33.0 Å². The molecule has 3 aromatic rings. The molecule has 0 bridgehead atoms. The van der Waals surface area contributed by atoms with Crippen molar-refractivity contribution in [3.8, 4) is 11.5 Å². The van der Waals surface area contributed by atoms with Crippen molar-refractivity contribution in [1.29, 1.82) is 0 Å². The summed E-state index contributed by atoms with van der Waals surface area (Å²) in [6.07, 6.45) is 1.39. The van der Waals surface area contributed by atoms with E-state index in [2.05, 4.69) is 21.2 Å². The molecule has 1 saturated heterocycles. The number of methoxy groups -OCH3 is 1. The van der Waals surface area contributed by atoms with E-state index >= 15 is 0 Å². The third-order valence-electron chi connectivity index (χ3n) is 5.17. The highest BCUT2D eigenvalue weighted by Gasteiger charge is 2.35. The number of benzene rings is 3. The zero-order chi connectivity index (χ0) is 26.0. The van der Waals surface area contributed by atoms with Crippen LogP contribution in [0.4, 0.5) is 10.1 Å². The molecule has 0 radical (unpaired) electrons. The van der Waals surface area contributed by atoms with Gasteiger partial charge in [0.1, 0.15) is 18.0 Å². The number of thiocarbonyl (C=S) groups is 1. The molecule has 184 valence electrons. The number of ether oxygens (including phenoxy) is 2. The smallest absolute Gasteiger partial charge is 0.270 e. The summed E-state index contributed by atoms with van der Waals surface area (Å²) in [6.45, 7) is -0.0320. The molecule has 1 aliphatic heterocycles. The molecule has 1 N–H and O–H groups in total. The molecule has 0 atom stereocenters. The number of amides is 2. The number of nitrogens with one attached hydrogen (secondary N) is 1. The van der Waals surface area contributed by atoms with Crippen molar-refractivity contribution >= 4 is 80.0 Å². The number of carbonyl (C=O) groups is 2. The predicted octanol–water partition coefficient (Wildman–Crippen LogP) is 6.31. The fraction of sp³-hybridized carbons (Fsp3) is 0.0800. The number of hydrogen-bond donors (Lipinski definition) is 1. The van der Waals surface area contributed by atoms with Crippen molar-refractivity contribution in [2.75, 3.05) is 12.0 Å². The van der Waals surface area contributed by atoms with Crippen LogP contribution in [-0.2, 0) is 16.2 Å². The van der Waals surface area contributed by atoms with Crippen LogP contribution >= 0.6 is 51.3 Å². The summed E-state index contributed by atoms with van der Waals surface area (Å²) >= 11 is 21.0. The first kappa shape index (κ1) is 26.1. The number of hydrogen-bond acceptors (Lipinski definition) is 5. The predicted molar refractivity (Wildman–Crippen MR) is 144 cm³/mol. The normalized spacial score (nSPS) is 14.8. The zero-order valence-electron chi connectivity index (χ0n) is 18.5. The maximum absolute atomic E-state index is 14.0. The van der Waals surface area contributed by atoms with Crippen LogP contribution in [0.5, 0.6) is 11.5 Å². The van der Waals surface area contributed by atoms with E-state index in [4.69, 9.17) is 44.9 Å². The summed E-state index contributed by atoms with van der Waals surface area (Å²) in [5.41, 5.74) is 0.882. The lowest BCUT2D eigenvalue weighted by molar-refractivity contribution is -0.122. The van der Waals surface area contributed by atoms with Gasteiger partial charge in [-0.1, -0.05) is 47.5 Å². The summed E-state index contributed by atoms with van der Waals surface area (Å²) in [5, 5.41) is 2.72. The number of carbonyl (C=O) groups excluding carboxylic acids is 2. The fourth-order valence-electron chi connectivity index (χ4n) is 3.44. The first-order valence-electron chi connectivity index (χ1n) is 10.3. The molecular weight excluding hydrogens is 594 g/mol. The molecular formula is C25H16BrCl2FN2O4S. The average Bonchev–Trinajstić information content (AvgIpc) is 2.84. The molecule has 3 aromatic carbocycles. The van der Waals surface area contributed by atoms with E-state index in [1.807, 2.05) is 0 Å². The Hall–Kier alpha value is -2.98. The first-order valence-corrected chi connectivity index (χ1v) is 12.3. The monoisotopic (exact) mass is 608 g/mol. The van der Waals surface area contributed by atoms with Gasteiger partial charge in [-0.2, -0.15) is 0 Å². The molecule has 6 nitrogen and oxygen atoms in total. The highest BCUT2D eigenvalue weighted by molar-refractivity contribution is 9.10. The van der Waals surface area contributed by atoms with Crippen LogP contribution in [-0.4, -0.2) is 24.0 Å². The van der Waals surface area contributed by atoms with Crippen LogP contribution in [0.15, 0.2) is 64.6 Å². The topological polar surface area (TPSA) is 67.9 Å². The number of anilines is 1. The van der Waals surface area contributed by atoms with Gasteiger partial charge in [-0.15, -0.1) is 0 Å². The summed E-state index contributed by atoms with van der Waals surface area (Å²) in [6, 6.07) is 14.2. The molecule has 36 heavy (non-hydrogen) atoms. The third kappa shape index (κ3) is 5.24. The summed E-state index contributed by atoms with van der Waals surface area (Å²) in [7, 11) is 1.44. The second-order valence-electron chi connectivity index (χ2n) is 7.44. The molecule has 4 rings (SSSR count). The molecule has 11 heteroatoms. The van der Waals surface area contributed by atoms with Crippen LogP contribution in [0, 0.1) is 5.82 Å². The standard InChI is InChI=1S/C25H16BrCl2FN2O4S/c1-34-20-11-13(10-16(26)22(20)35-12-14-5-2-3-7-18(14)29)9-15-23(32)30-25(36)31(24(15)33)19-8-4-6-17(27)21(19)28/h2-11H,12H2,1H3,(H,30,32,36)/b15-9+. The summed E-state index contributed by atoms with van der Waals surface area (Å²) in [4.78, 5) is 27.1. The Morgan fingerprint density at radius 1 is 1.14 bits per heavy atom. The molecule has 0 spiro atoms. The minimum Gasteiger partial charge on any atom is -0.493 e. The van der Waals surface area contributed by atoms with Gasteiger partial charge in [0.05, 0.1) is 27.3 Å². The van der Waals surface area contributed by atoms with Crippen molar-refractivity contribution < 1.29 is 23.5 Å². The van der Waals surface area contributed by atoms with E-state index in [9.17, 15) is 14.0 Å². The number of halogens is 4. The van der Waals surface area contributed by atoms with Gasteiger partial charge in [0.2, 0.25) is 0 Å². The van der Waals surface area contributed by atoms with Crippen LogP contribution < -0.4 is 19.7 Å². The zero-order valence-corrected chi connectivity index (χ0v) is 22.4. The number of rotatable bonds is 6. The van der Waals surface area contributed by atoms with Gasteiger partial charge in [-0.25, -0.2) is 4.39 Å². The highest BCUT2D eigenvalue weighted by Crippen LogP contribution is 2.39. The Morgan fingerprint density at radius 2 is 1.89 bits per heavy atom. The van der Waals surface area contributed by atoms with Gasteiger partial charge in [0.25, 0.3) is 11.8 Å². The SMILES string of the molecule is COc1cc(/C=C2\C(=O)NC(=S)N(c3cccc(Cl)c3Cl)C2=O)cc(Br)c1OCc1ccccc1F. The highest BCUT2D eigenvalue weighted by atomic mass is 79.9. The molecule has 0 aliphatic carbocycles. The van der Waals surface area contributed by atoms with Gasteiger partial charge >= 0.3 is 0 Å². The van der Waals surface area contributed by atoms with E-state index in [0.29, 0.717) is 27.1 Å². The second kappa shape index (κ2) is 11.0. The fourth-order valence-corrected chi connectivity index (χ4v) is 4.66. The van der Waals surface area contributed by atoms with Crippen LogP contribution in [0.25, 0.3) is 6.08 Å². The maximum atomic E-state index is 14.0. The molecule has 2 amide bonds. The van der Waals surface area contributed by atoms with Crippen molar-refractivity contribution in [3.05, 3.63) is 91.6 Å². The maximum Gasteiger partial charge on any atom is 0.270 e. The second-order valence-corrected chi connectivity index (χ2v) is 9.47. The average molecular weight is 610 g/mol. The van der Waals surface area contributed by atoms with Gasteiger partial charge in [0.15, 0.2) is 16.6 Å². The van der Waals surface area contributed by atoms with Gasteiger partial charge in [-0.05, 0) is 70.1 Å². The lowest BCUT2D eigenvalue weighted by Crippen LogP contribution is -2.54. The molecule has 0 saturated carbocycles. The molecule has 0 aromatic heterocycles. The largest absolute Gasteiger partial charge is 0.493 e. The molecule has 1 heterocycles. The van der Waals surface area contributed by atoms with Crippen molar-refractivity contribution in [1.82, 2.24) is 5.32 Å². The van der Waals surface area contributed by atoms with E-state index in [1.54, 1.807) is 48.5 Å². The van der Waals surface area contributed by atoms with Gasteiger partial charge in [0, 0.05) is 5.56 Å². The van der Waals surface area contributed by atoms with E-state index in [1.165, 1.54) is 19.3 Å². The number of nitrogens with zero attached hydrogens (tertiary/aromatic N) is 1. The van der Waals surface area contributed by atoms with Gasteiger partial charge < -0.3 is 9.47 Å². The first-order chi connectivity index (χ1) is 17.2. The van der Waals surface area contributed by atoms with Gasteiger partial charge in [-0.3, -0.25) is 19.8 Å². The van der Waals surface area contributed by atoms with Crippen molar-refractivity contribution in [2.24, 2.45) is 0 Å². The van der Waals surface area contributed by atoms with Crippen LogP contribution in [0.1, 0.15) is 11.1 Å². The Bertz CT molecular complexity index is 1430. The lowest BCUT2D eigenvalue weighted by atomic mass is 10.1. The Kier molecular flexibility index (Phi) is 7.94. The minimum atomic E-state index is -0.678. The van der Waals surface area contributed by atoms with Crippen molar-refractivity contribution in [3.63, 3.8) is 0 Å². The van der Waals surface area contributed by atoms with E-state index < -0.39 is 17.6 Å². The quantitative estimate of drug-likeness (QED) is 0.201. The summed E-state index contributed by atoms with van der Waals surface area (Å²) in [5.74, 6) is -1.10. The minimum absolute atomic E-state index is 0.0320. The Morgan fingerprint density at radius 3 is 2.61 bits per heavy atom. The molecule has 0 unspecified atom stereocenters.